The van der Waals surface area contributed by atoms with Gasteiger partial charge in [-0.1, -0.05) is 34.8 Å². The molecule has 0 aliphatic carbocycles. The number of hydrogen-bond acceptors (Lipinski definition) is 7. The Morgan fingerprint density at radius 1 is 1.00 bits per heavy atom. The lowest BCUT2D eigenvalue weighted by Gasteiger charge is -2.13. The number of rotatable bonds is 9. The third kappa shape index (κ3) is 6.77. The van der Waals surface area contributed by atoms with E-state index in [1.807, 2.05) is 0 Å². The van der Waals surface area contributed by atoms with Gasteiger partial charge in [-0.05, 0) is 48.0 Å². The number of phenolic OH excluding ortho intramolecular Hbond substituents is 1. The smallest absolute Gasteiger partial charge is 0.407 e. The number of phenols is 1. The molecule has 0 atom stereocenters. The van der Waals surface area contributed by atoms with Crippen LogP contribution in [0.3, 0.4) is 0 Å². The number of ether oxygens (including phenoxy) is 2. The van der Waals surface area contributed by atoms with E-state index in [9.17, 15) is 19.5 Å². The van der Waals surface area contributed by atoms with E-state index in [1.54, 1.807) is 24.3 Å². The van der Waals surface area contributed by atoms with E-state index in [0.29, 0.717) is 14.8 Å². The van der Waals surface area contributed by atoms with Gasteiger partial charge in [0.1, 0.15) is 18.0 Å². The molecule has 0 saturated heterocycles. The number of carbonyl (C=O) groups excluding carboxylic acids is 2. The maximum atomic E-state index is 12.7. The average molecular weight is 545 g/mol. The summed E-state index contributed by atoms with van der Waals surface area (Å²) in [5.41, 5.74) is 0.669. The minimum Gasteiger partial charge on any atom is -0.507 e. The number of ketones is 1. The minimum atomic E-state index is -1.19. The second kappa shape index (κ2) is 11.4. The SMILES string of the molecule is O=C(O)CNC(=O)OCCc1cc(Cl)c(Oc2ccc(O)c(C(=O)c3ccc(Cl)s3)c2)c(Cl)c1. The summed E-state index contributed by atoms with van der Waals surface area (Å²) in [4.78, 5) is 34.9. The molecule has 0 fully saturated rings. The Morgan fingerprint density at radius 2 is 1.71 bits per heavy atom. The molecule has 34 heavy (non-hydrogen) atoms. The van der Waals surface area contributed by atoms with Crippen molar-refractivity contribution in [2.45, 2.75) is 6.42 Å². The number of carboxylic acid groups (broad SMARTS) is 1. The lowest BCUT2D eigenvalue weighted by Crippen LogP contribution is -2.30. The van der Waals surface area contributed by atoms with Gasteiger partial charge < -0.3 is 25.0 Å². The molecule has 0 unspecified atom stereocenters. The number of nitrogens with one attached hydrogen (secondary N) is 1. The number of amides is 1. The van der Waals surface area contributed by atoms with Crippen molar-refractivity contribution < 1.29 is 34.1 Å². The highest BCUT2D eigenvalue weighted by molar-refractivity contribution is 7.18. The van der Waals surface area contributed by atoms with Gasteiger partial charge in [-0.25, -0.2) is 4.79 Å². The van der Waals surface area contributed by atoms with Gasteiger partial charge >= 0.3 is 12.1 Å². The summed E-state index contributed by atoms with van der Waals surface area (Å²) in [5, 5.41) is 21.1. The molecule has 8 nitrogen and oxygen atoms in total. The van der Waals surface area contributed by atoms with Gasteiger partial charge in [-0.2, -0.15) is 0 Å². The van der Waals surface area contributed by atoms with Gasteiger partial charge in [0.2, 0.25) is 5.78 Å². The summed E-state index contributed by atoms with van der Waals surface area (Å²) >= 11 is 19.6. The largest absolute Gasteiger partial charge is 0.507 e. The van der Waals surface area contributed by atoms with Crippen LogP contribution >= 0.6 is 46.1 Å². The first-order valence-electron chi connectivity index (χ1n) is 9.55. The number of halogens is 3. The number of carboxylic acids is 1. The second-order valence-electron chi connectivity index (χ2n) is 6.74. The summed E-state index contributed by atoms with van der Waals surface area (Å²) in [6, 6.07) is 10.4. The number of alkyl carbamates (subject to hydrolysis) is 1. The molecule has 3 aromatic rings. The van der Waals surface area contributed by atoms with Gasteiger partial charge in [0, 0.05) is 6.42 Å². The summed E-state index contributed by atoms with van der Waals surface area (Å²) in [6.45, 7) is -0.581. The van der Waals surface area contributed by atoms with Crippen LogP contribution in [-0.2, 0) is 16.0 Å². The molecule has 178 valence electrons. The van der Waals surface area contributed by atoms with Crippen LogP contribution in [0.5, 0.6) is 17.2 Å². The fraction of sp³-hybridized carbons (Fsp3) is 0.136. The van der Waals surface area contributed by atoms with Gasteiger partial charge in [-0.3, -0.25) is 9.59 Å². The highest BCUT2D eigenvalue weighted by Gasteiger charge is 2.18. The van der Waals surface area contributed by atoms with Crippen molar-refractivity contribution in [2.24, 2.45) is 0 Å². The molecule has 3 rings (SSSR count). The molecule has 1 aromatic heterocycles. The first kappa shape index (κ1) is 25.6. The Kier molecular flexibility index (Phi) is 8.62. The van der Waals surface area contributed by atoms with E-state index in [-0.39, 0.29) is 45.9 Å². The zero-order chi connectivity index (χ0) is 24.8. The number of hydrogen-bond donors (Lipinski definition) is 3. The second-order valence-corrected chi connectivity index (χ2v) is 9.27. The number of aromatic hydroxyl groups is 1. The molecular formula is C22H16Cl3NO7S. The van der Waals surface area contributed by atoms with E-state index in [4.69, 9.17) is 49.4 Å². The third-order valence-corrected chi connectivity index (χ3v) is 6.09. The van der Waals surface area contributed by atoms with E-state index in [1.165, 1.54) is 18.2 Å². The fourth-order valence-corrected chi connectivity index (χ4v) is 4.37. The number of carbonyl (C=O) groups is 3. The summed E-state index contributed by atoms with van der Waals surface area (Å²) in [7, 11) is 0. The van der Waals surface area contributed by atoms with E-state index in [0.717, 1.165) is 11.3 Å². The molecule has 1 amide bonds. The molecule has 0 aliphatic heterocycles. The van der Waals surface area contributed by atoms with Crippen molar-refractivity contribution in [1.82, 2.24) is 5.32 Å². The van der Waals surface area contributed by atoms with Crippen LogP contribution < -0.4 is 10.1 Å². The molecular weight excluding hydrogens is 529 g/mol. The van der Waals surface area contributed by atoms with E-state index >= 15 is 0 Å². The van der Waals surface area contributed by atoms with Crippen LogP contribution in [0, 0.1) is 0 Å². The monoisotopic (exact) mass is 543 g/mol. The summed E-state index contributed by atoms with van der Waals surface area (Å²) in [5.74, 6) is -1.47. The van der Waals surface area contributed by atoms with Crippen molar-refractivity contribution in [1.29, 1.82) is 0 Å². The normalized spacial score (nSPS) is 10.6. The van der Waals surface area contributed by atoms with Crippen LogP contribution in [0.4, 0.5) is 4.79 Å². The highest BCUT2D eigenvalue weighted by Crippen LogP contribution is 2.39. The summed E-state index contributed by atoms with van der Waals surface area (Å²) < 4.78 is 11.1. The van der Waals surface area contributed by atoms with E-state index in [2.05, 4.69) is 5.32 Å². The zero-order valence-corrected chi connectivity index (χ0v) is 20.2. The molecule has 0 aliphatic rings. The molecule has 12 heteroatoms. The summed E-state index contributed by atoms with van der Waals surface area (Å²) in [6.07, 6.45) is -0.594. The molecule has 0 radical (unpaired) electrons. The number of benzene rings is 2. The van der Waals surface area contributed by atoms with Crippen LogP contribution in [0.1, 0.15) is 20.8 Å². The van der Waals surface area contributed by atoms with Crippen LogP contribution in [-0.4, -0.2) is 41.2 Å². The Hall–Kier alpha value is -2.98. The van der Waals surface area contributed by atoms with Gasteiger partial charge in [0.05, 0.1) is 31.4 Å². The van der Waals surface area contributed by atoms with Crippen LogP contribution in [0.25, 0.3) is 0 Å². The standard InChI is InChI=1S/C22H16Cl3NO7S/c23-14-7-11(5-6-32-22(31)26-10-19(28)29)8-15(24)21(14)33-12-1-2-16(27)13(9-12)20(30)17-3-4-18(25)34-17/h1-4,7-9,27H,5-6,10H2,(H,26,31)(H,28,29). The van der Waals surface area contributed by atoms with Crippen molar-refractivity contribution in [3.63, 3.8) is 0 Å². The van der Waals surface area contributed by atoms with E-state index < -0.39 is 24.4 Å². The van der Waals surface area contributed by atoms with Gasteiger partial charge in [0.25, 0.3) is 0 Å². The first-order valence-corrected chi connectivity index (χ1v) is 11.5. The molecule has 0 saturated carbocycles. The Labute approximate surface area is 212 Å². The Morgan fingerprint density at radius 3 is 2.32 bits per heavy atom. The van der Waals surface area contributed by atoms with Crippen molar-refractivity contribution in [2.75, 3.05) is 13.2 Å². The zero-order valence-electron chi connectivity index (χ0n) is 17.1. The molecule has 3 N–H and O–H groups in total. The molecule has 0 bridgehead atoms. The maximum Gasteiger partial charge on any atom is 0.407 e. The molecule has 0 spiro atoms. The molecule has 2 aromatic carbocycles. The Bertz CT molecular complexity index is 1220. The van der Waals surface area contributed by atoms with Crippen LogP contribution in [0.2, 0.25) is 14.4 Å². The number of aliphatic carboxylic acids is 1. The lowest BCUT2D eigenvalue weighted by atomic mass is 10.1. The van der Waals surface area contributed by atoms with Crippen LogP contribution in [0.15, 0.2) is 42.5 Å². The van der Waals surface area contributed by atoms with Crippen molar-refractivity contribution in [3.8, 4) is 17.2 Å². The minimum absolute atomic E-state index is 0.0261. The average Bonchev–Trinajstić information content (AvgIpc) is 3.21. The highest BCUT2D eigenvalue weighted by atomic mass is 35.5. The van der Waals surface area contributed by atoms with Crippen molar-refractivity contribution >= 4 is 64.0 Å². The van der Waals surface area contributed by atoms with Gasteiger partial charge in [0.15, 0.2) is 5.75 Å². The van der Waals surface area contributed by atoms with Crippen molar-refractivity contribution in [3.05, 3.63) is 72.9 Å². The first-order chi connectivity index (χ1) is 16.1. The van der Waals surface area contributed by atoms with Gasteiger partial charge in [-0.15, -0.1) is 11.3 Å². The maximum absolute atomic E-state index is 12.7. The quantitative estimate of drug-likeness (QED) is 0.291. The molecule has 1 heterocycles. The third-order valence-electron chi connectivity index (χ3n) is 4.30. The Balaban J connectivity index is 1.69. The predicted octanol–water partition coefficient (Wildman–Crippen LogP) is 5.79. The predicted molar refractivity (Wildman–Crippen MR) is 128 cm³/mol. The topological polar surface area (TPSA) is 122 Å². The lowest BCUT2D eigenvalue weighted by molar-refractivity contribution is -0.135. The fourth-order valence-electron chi connectivity index (χ4n) is 2.76. The number of thiophene rings is 1.